The second kappa shape index (κ2) is 18.1. The molecule has 0 saturated carbocycles. The second-order valence-corrected chi connectivity index (χ2v) is 9.99. The Morgan fingerprint density at radius 3 is 2.47 bits per heavy atom. The molecule has 0 radical (unpaired) electrons. The lowest BCUT2D eigenvalue weighted by Crippen LogP contribution is -2.47. The van der Waals surface area contributed by atoms with Gasteiger partial charge in [0.1, 0.15) is 6.42 Å². The molecule has 36 heavy (non-hydrogen) atoms. The van der Waals surface area contributed by atoms with Gasteiger partial charge >= 0.3 is 7.12 Å². The Labute approximate surface area is 217 Å². The molecular weight excluding hydrogens is 457 g/mol. The van der Waals surface area contributed by atoms with Crippen LogP contribution in [0.3, 0.4) is 0 Å². The van der Waals surface area contributed by atoms with Crippen molar-refractivity contribution in [1.82, 2.24) is 10.2 Å². The molecule has 1 aromatic rings. The summed E-state index contributed by atoms with van der Waals surface area (Å²) in [6, 6.07) is 10.7. The number of carbonyl (C=O) groups is 2. The third-order valence-corrected chi connectivity index (χ3v) is 5.84. The molecule has 0 aliphatic carbocycles. The molecule has 0 bridgehead atoms. The van der Waals surface area contributed by atoms with Crippen LogP contribution >= 0.6 is 0 Å². The van der Waals surface area contributed by atoms with Crippen molar-refractivity contribution >= 4 is 18.8 Å². The highest BCUT2D eigenvalue weighted by Crippen LogP contribution is 2.22. The maximum absolute atomic E-state index is 12.9. The summed E-state index contributed by atoms with van der Waals surface area (Å²) in [6.07, 6.45) is 2.99. The van der Waals surface area contributed by atoms with Gasteiger partial charge in [-0.3, -0.25) is 9.59 Å². The van der Waals surface area contributed by atoms with Crippen molar-refractivity contribution in [2.75, 3.05) is 26.3 Å². The smallest absolute Gasteiger partial charge is 0.427 e. The topological polar surface area (TPSA) is 123 Å². The van der Waals surface area contributed by atoms with Gasteiger partial charge in [0.05, 0.1) is 31.4 Å². The number of likely N-dealkylation sites (N-methyl/N-ethyl adjacent to an activating group) is 1. The molecule has 0 unspecified atom stereocenters. The van der Waals surface area contributed by atoms with E-state index in [9.17, 15) is 19.6 Å². The zero-order valence-electron chi connectivity index (χ0n) is 22.4. The van der Waals surface area contributed by atoms with E-state index in [1.165, 1.54) is 0 Å². The van der Waals surface area contributed by atoms with Crippen LogP contribution in [0.1, 0.15) is 65.4 Å². The predicted molar refractivity (Wildman–Crippen MR) is 142 cm³/mol. The van der Waals surface area contributed by atoms with Crippen LogP contribution in [0.4, 0.5) is 0 Å². The van der Waals surface area contributed by atoms with Gasteiger partial charge in [0.2, 0.25) is 5.91 Å². The van der Waals surface area contributed by atoms with Crippen molar-refractivity contribution < 1.29 is 24.4 Å². The summed E-state index contributed by atoms with van der Waals surface area (Å²) < 4.78 is 5.84. The molecule has 1 heterocycles. The monoisotopic (exact) mass is 501 g/mol. The molecule has 2 rings (SSSR count). The van der Waals surface area contributed by atoms with Crippen molar-refractivity contribution in [1.29, 1.82) is 5.26 Å². The molecule has 1 fully saturated rings. The standard InChI is InChI=1S/C23H34BN3O5.C4H10/c1-2-26-21(17-32-16-20-10-6-7-13-27(20)23(29)11-12-25)22(28)15-19(24(30)31)14-18-8-4-3-5-9-18;1-4(2)3/h3-5,8-9,19-21,26,30-31H,2,6-7,10-11,13-17H2,1H3;4H,1-3H3/t19-,20-,21+;/m1./s1. The molecule has 1 aliphatic heterocycles. The summed E-state index contributed by atoms with van der Waals surface area (Å²) in [7, 11) is -1.59. The summed E-state index contributed by atoms with van der Waals surface area (Å²) in [5, 5.41) is 31.5. The fourth-order valence-electron chi connectivity index (χ4n) is 4.11. The Bertz CT molecular complexity index is 798. The van der Waals surface area contributed by atoms with E-state index in [0.29, 0.717) is 26.1 Å². The van der Waals surface area contributed by atoms with Crippen LogP contribution in [0.5, 0.6) is 0 Å². The van der Waals surface area contributed by atoms with Crippen LogP contribution in [0.15, 0.2) is 30.3 Å². The number of hydrogen-bond acceptors (Lipinski definition) is 7. The number of Topliss-reactive ketones (excluding diaryl/α,β-unsaturated/α-hetero) is 1. The van der Waals surface area contributed by atoms with Crippen LogP contribution in [0.2, 0.25) is 5.82 Å². The molecule has 3 atom stereocenters. The summed E-state index contributed by atoms with van der Waals surface area (Å²) in [4.78, 5) is 26.8. The first kappa shape index (κ1) is 31.8. The van der Waals surface area contributed by atoms with E-state index in [2.05, 4.69) is 26.1 Å². The number of nitrogens with zero attached hydrogens (tertiary/aromatic N) is 2. The van der Waals surface area contributed by atoms with Crippen molar-refractivity contribution in [3.8, 4) is 6.07 Å². The minimum Gasteiger partial charge on any atom is -0.427 e. The van der Waals surface area contributed by atoms with E-state index in [1.807, 2.05) is 43.3 Å². The zero-order chi connectivity index (χ0) is 26.9. The molecule has 1 saturated heterocycles. The van der Waals surface area contributed by atoms with Crippen LogP contribution in [0, 0.1) is 17.2 Å². The molecule has 0 spiro atoms. The van der Waals surface area contributed by atoms with Gasteiger partial charge in [0.25, 0.3) is 0 Å². The van der Waals surface area contributed by atoms with E-state index < -0.39 is 19.0 Å². The first-order chi connectivity index (χ1) is 17.2. The molecule has 1 aliphatic rings. The average molecular weight is 501 g/mol. The fourth-order valence-corrected chi connectivity index (χ4v) is 4.11. The van der Waals surface area contributed by atoms with E-state index in [1.54, 1.807) is 4.90 Å². The normalized spacial score (nSPS) is 16.9. The SMILES string of the molecule is CC(C)C.CCN[C@@H](COC[C@H]1CCCCN1C(=O)CC#N)C(=O)C[C@@H](Cc1ccccc1)B(O)O. The third-order valence-electron chi connectivity index (χ3n) is 5.84. The van der Waals surface area contributed by atoms with E-state index >= 15 is 0 Å². The largest absolute Gasteiger partial charge is 0.455 e. The Morgan fingerprint density at radius 1 is 1.22 bits per heavy atom. The van der Waals surface area contributed by atoms with Crippen LogP contribution in [-0.2, 0) is 20.7 Å². The Kier molecular flexibility index (Phi) is 16.0. The van der Waals surface area contributed by atoms with Gasteiger partial charge in [-0.05, 0) is 43.7 Å². The van der Waals surface area contributed by atoms with Gasteiger partial charge in [0.15, 0.2) is 5.78 Å². The van der Waals surface area contributed by atoms with Crippen molar-refractivity contribution in [3.05, 3.63) is 35.9 Å². The van der Waals surface area contributed by atoms with Gasteiger partial charge in [-0.1, -0.05) is 58.0 Å². The van der Waals surface area contributed by atoms with Crippen molar-refractivity contribution in [2.24, 2.45) is 5.92 Å². The summed E-state index contributed by atoms with van der Waals surface area (Å²) >= 11 is 0. The molecule has 1 amide bonds. The maximum Gasteiger partial charge on any atom is 0.455 e. The highest BCUT2D eigenvalue weighted by molar-refractivity contribution is 6.43. The number of amides is 1. The number of benzene rings is 1. The van der Waals surface area contributed by atoms with E-state index in [0.717, 1.165) is 30.7 Å². The molecule has 3 N–H and O–H groups in total. The lowest BCUT2D eigenvalue weighted by Gasteiger charge is -2.35. The maximum atomic E-state index is 12.9. The molecule has 0 aromatic heterocycles. The number of nitriles is 1. The van der Waals surface area contributed by atoms with Crippen molar-refractivity contribution in [3.63, 3.8) is 0 Å². The number of piperidine rings is 1. The number of hydrogen-bond donors (Lipinski definition) is 3. The molecular formula is C27H44BN3O5. The Morgan fingerprint density at radius 2 is 1.89 bits per heavy atom. The highest BCUT2D eigenvalue weighted by Gasteiger charge is 2.30. The summed E-state index contributed by atoms with van der Waals surface area (Å²) in [5.41, 5.74) is 0.939. The minimum absolute atomic E-state index is 0.0177. The first-order valence-electron chi connectivity index (χ1n) is 13.1. The van der Waals surface area contributed by atoms with Crippen molar-refractivity contribution in [2.45, 2.75) is 84.1 Å². The average Bonchev–Trinajstić information content (AvgIpc) is 2.83. The Hall–Kier alpha value is -2.25. The number of ketones is 1. The predicted octanol–water partition coefficient (Wildman–Crippen LogP) is 2.98. The van der Waals surface area contributed by atoms with Gasteiger partial charge < -0.3 is 25.0 Å². The van der Waals surface area contributed by atoms with E-state index in [-0.39, 0.29) is 37.2 Å². The Balaban J connectivity index is 0.00000150. The lowest BCUT2D eigenvalue weighted by molar-refractivity contribution is -0.136. The van der Waals surface area contributed by atoms with Gasteiger partial charge in [0, 0.05) is 18.8 Å². The first-order valence-corrected chi connectivity index (χ1v) is 13.1. The molecule has 200 valence electrons. The molecule has 1 aromatic carbocycles. The van der Waals surface area contributed by atoms with Gasteiger partial charge in [-0.25, -0.2) is 0 Å². The van der Waals surface area contributed by atoms with Gasteiger partial charge in [-0.2, -0.15) is 5.26 Å². The van der Waals surface area contributed by atoms with Gasteiger partial charge in [-0.15, -0.1) is 0 Å². The second-order valence-electron chi connectivity index (χ2n) is 9.99. The number of rotatable bonds is 13. The summed E-state index contributed by atoms with van der Waals surface area (Å²) in [5.74, 6) is -0.0915. The molecule has 8 nitrogen and oxygen atoms in total. The van der Waals surface area contributed by atoms with Crippen LogP contribution < -0.4 is 5.32 Å². The minimum atomic E-state index is -1.59. The van der Waals surface area contributed by atoms with Crippen LogP contribution in [0.25, 0.3) is 0 Å². The zero-order valence-corrected chi connectivity index (χ0v) is 22.4. The highest BCUT2D eigenvalue weighted by atomic mass is 16.5. The third kappa shape index (κ3) is 12.6. The van der Waals surface area contributed by atoms with E-state index in [4.69, 9.17) is 10.00 Å². The molecule has 9 heteroatoms. The number of carbonyl (C=O) groups excluding carboxylic acids is 2. The lowest BCUT2D eigenvalue weighted by atomic mass is 9.66. The number of ether oxygens (including phenoxy) is 1. The number of nitrogens with one attached hydrogen (secondary N) is 1. The summed E-state index contributed by atoms with van der Waals surface area (Å²) in [6.45, 7) is 10.0. The number of likely N-dealkylation sites (tertiary alicyclic amines) is 1. The van der Waals surface area contributed by atoms with Crippen LogP contribution in [-0.4, -0.2) is 72.1 Å². The quantitative estimate of drug-likeness (QED) is 0.355. The fraction of sp³-hybridized carbons (Fsp3) is 0.667.